The largest absolute Gasteiger partial charge is 0.478 e. The third kappa shape index (κ3) is 8.08. The van der Waals surface area contributed by atoms with Crippen LogP contribution < -0.4 is 5.32 Å². The molecule has 0 spiro atoms. The Labute approximate surface area is 232 Å². The molecule has 1 heterocycles. The van der Waals surface area contributed by atoms with E-state index in [1.807, 2.05) is 25.2 Å². The number of dihydropyridines is 1. The Kier molecular flexibility index (Phi) is 11.8. The van der Waals surface area contributed by atoms with Gasteiger partial charge in [-0.1, -0.05) is 30.3 Å². The predicted octanol–water partition coefficient (Wildman–Crippen LogP) is 4.99. The van der Waals surface area contributed by atoms with Crippen molar-refractivity contribution in [1.29, 1.82) is 0 Å². The second-order valence-electron chi connectivity index (χ2n) is 8.75. The van der Waals surface area contributed by atoms with Gasteiger partial charge in [0.1, 0.15) is 0 Å². The number of nitrogens with zero attached hydrogens (tertiary/aromatic N) is 2. The fourth-order valence-corrected chi connectivity index (χ4v) is 5.21. The van der Waals surface area contributed by atoms with Crippen LogP contribution in [0.2, 0.25) is 0 Å². The third-order valence-electron chi connectivity index (χ3n) is 6.03. The molecule has 2 aromatic rings. The first-order valence-electron chi connectivity index (χ1n) is 11.9. The molecule has 0 radical (unpaired) electrons. The number of halogens is 1. The summed E-state index contributed by atoms with van der Waals surface area (Å²) >= 11 is 1.78. The highest BCUT2D eigenvalue weighted by atomic mass is 35.5. The summed E-state index contributed by atoms with van der Waals surface area (Å²) in [6.45, 7) is 5.04. The lowest BCUT2D eigenvalue weighted by Crippen LogP contribution is -2.32. The van der Waals surface area contributed by atoms with Crippen molar-refractivity contribution in [1.82, 2.24) is 10.2 Å². The Balaban J connectivity index is 0.00000507. The zero-order valence-electron chi connectivity index (χ0n) is 21.5. The highest BCUT2D eigenvalue weighted by molar-refractivity contribution is 7.99. The molecule has 1 atom stereocenters. The summed E-state index contributed by atoms with van der Waals surface area (Å²) in [5.74, 6) is -1.92. The molecule has 0 saturated carbocycles. The first-order valence-corrected chi connectivity index (χ1v) is 12.9. The molecule has 3 rings (SSSR count). The minimum atomic E-state index is -1.21. The van der Waals surface area contributed by atoms with Crippen molar-refractivity contribution >= 4 is 41.8 Å². The number of aliphatic carboxylic acids is 1. The van der Waals surface area contributed by atoms with E-state index in [1.165, 1.54) is 23.1 Å². The lowest BCUT2D eigenvalue weighted by atomic mass is 9.80. The highest BCUT2D eigenvalue weighted by Crippen LogP contribution is 2.39. The summed E-state index contributed by atoms with van der Waals surface area (Å²) in [7, 11) is 2.01. The summed E-state index contributed by atoms with van der Waals surface area (Å²) in [5, 5.41) is 24.2. The van der Waals surface area contributed by atoms with E-state index in [9.17, 15) is 24.8 Å². The van der Waals surface area contributed by atoms with E-state index in [-0.39, 0.29) is 35.8 Å². The van der Waals surface area contributed by atoms with Gasteiger partial charge in [0.2, 0.25) is 0 Å². The fraction of sp³-hybridized carbons (Fsp3) is 0.333. The second-order valence-corrected chi connectivity index (χ2v) is 9.92. The molecule has 9 nitrogen and oxygen atoms in total. The molecule has 0 fully saturated rings. The molecule has 0 saturated heterocycles. The second kappa shape index (κ2) is 14.6. The number of hydrogen-bond donors (Lipinski definition) is 2. The van der Waals surface area contributed by atoms with E-state index in [0.29, 0.717) is 23.4 Å². The standard InChI is InChI=1S/C27H31N3O6S.ClH/c1-18-23(26(31)32)25(20-9-7-10-21(17-20)30(34)35)24(19(2)28-18)27(33)36-15-8-13-29(3)14-16-37-22-11-5-4-6-12-22;/h4-7,9-12,17,25,28H,8,13-16H2,1-3H3,(H,31,32);1H. The number of carboxylic acids is 1. The number of allylic oxidation sites excluding steroid dienone is 2. The number of non-ortho nitro benzene ring substituents is 1. The summed E-state index contributed by atoms with van der Waals surface area (Å²) in [4.78, 5) is 39.5. The zero-order chi connectivity index (χ0) is 26.9. The zero-order valence-corrected chi connectivity index (χ0v) is 23.1. The third-order valence-corrected chi connectivity index (χ3v) is 7.02. The Morgan fingerprint density at radius 1 is 1.08 bits per heavy atom. The van der Waals surface area contributed by atoms with Crippen LogP contribution in [0.4, 0.5) is 5.69 Å². The molecule has 204 valence electrons. The minimum absolute atomic E-state index is 0. The molecule has 0 bridgehead atoms. The molecule has 0 aromatic heterocycles. The Morgan fingerprint density at radius 3 is 2.42 bits per heavy atom. The van der Waals surface area contributed by atoms with Gasteiger partial charge >= 0.3 is 11.9 Å². The minimum Gasteiger partial charge on any atom is -0.478 e. The van der Waals surface area contributed by atoms with Gasteiger partial charge < -0.3 is 20.1 Å². The van der Waals surface area contributed by atoms with Gasteiger partial charge in [0.15, 0.2) is 0 Å². The number of carbonyl (C=O) groups excluding carboxylic acids is 1. The van der Waals surface area contributed by atoms with Crippen LogP contribution in [0.15, 0.2) is 82.0 Å². The van der Waals surface area contributed by atoms with Crippen molar-refractivity contribution in [2.24, 2.45) is 0 Å². The number of esters is 1. The van der Waals surface area contributed by atoms with Crippen LogP contribution in [0.25, 0.3) is 0 Å². The van der Waals surface area contributed by atoms with Crippen molar-refractivity contribution in [3.8, 4) is 0 Å². The topological polar surface area (TPSA) is 122 Å². The Morgan fingerprint density at radius 2 is 1.76 bits per heavy atom. The van der Waals surface area contributed by atoms with E-state index < -0.39 is 22.8 Å². The summed E-state index contributed by atoms with van der Waals surface area (Å²) in [6, 6.07) is 15.9. The van der Waals surface area contributed by atoms with Crippen LogP contribution in [-0.4, -0.2) is 59.4 Å². The van der Waals surface area contributed by atoms with Gasteiger partial charge in [0.25, 0.3) is 5.69 Å². The van der Waals surface area contributed by atoms with E-state index in [2.05, 4.69) is 22.3 Å². The first kappa shape index (κ1) is 30.9. The van der Waals surface area contributed by atoms with Crippen molar-refractivity contribution in [3.63, 3.8) is 0 Å². The Bertz CT molecular complexity index is 1220. The van der Waals surface area contributed by atoms with E-state index in [0.717, 1.165) is 18.8 Å². The van der Waals surface area contributed by atoms with E-state index in [1.54, 1.807) is 31.7 Å². The lowest BCUT2D eigenvalue weighted by molar-refractivity contribution is -0.384. The van der Waals surface area contributed by atoms with Crippen LogP contribution in [0, 0.1) is 10.1 Å². The molecule has 1 aliphatic rings. The smallest absolute Gasteiger partial charge is 0.336 e. The number of benzene rings is 2. The summed E-state index contributed by atoms with van der Waals surface area (Å²) < 4.78 is 5.55. The van der Waals surface area contributed by atoms with Gasteiger partial charge in [-0.2, -0.15) is 0 Å². The van der Waals surface area contributed by atoms with Crippen LogP contribution in [0.1, 0.15) is 31.7 Å². The number of rotatable bonds is 12. The van der Waals surface area contributed by atoms with Crippen LogP contribution in [0.3, 0.4) is 0 Å². The molecule has 11 heteroatoms. The average Bonchev–Trinajstić information content (AvgIpc) is 2.86. The maximum Gasteiger partial charge on any atom is 0.336 e. The molecule has 0 amide bonds. The number of nitro benzene ring substituents is 1. The maximum atomic E-state index is 13.2. The van der Waals surface area contributed by atoms with Crippen molar-refractivity contribution in [2.75, 3.05) is 32.5 Å². The molecule has 2 aromatic carbocycles. The monoisotopic (exact) mass is 561 g/mol. The summed E-state index contributed by atoms with van der Waals surface area (Å²) in [6.07, 6.45) is 0.611. The summed E-state index contributed by atoms with van der Waals surface area (Å²) in [5.41, 5.74) is 1.07. The van der Waals surface area contributed by atoms with E-state index in [4.69, 9.17) is 4.74 Å². The number of nitro groups is 1. The number of carbonyl (C=O) groups is 2. The van der Waals surface area contributed by atoms with Crippen molar-refractivity contribution < 1.29 is 24.4 Å². The Hall–Kier alpha value is -3.34. The number of nitrogens with one attached hydrogen (secondary N) is 1. The van der Waals surface area contributed by atoms with Crippen LogP contribution in [-0.2, 0) is 14.3 Å². The SMILES string of the molecule is CC1=C(C(=O)O)C(c2cccc([N+](=O)[O-])c2)C(C(=O)OCCCN(C)CCSc2ccccc2)=C(C)N1.Cl. The molecule has 1 unspecified atom stereocenters. The number of hydrogen-bond acceptors (Lipinski definition) is 8. The number of thioether (sulfide) groups is 1. The number of ether oxygens (including phenoxy) is 1. The van der Waals surface area contributed by atoms with Gasteiger partial charge in [-0.25, -0.2) is 9.59 Å². The lowest BCUT2D eigenvalue weighted by Gasteiger charge is -2.29. The molecule has 2 N–H and O–H groups in total. The van der Waals surface area contributed by atoms with Crippen molar-refractivity contribution in [3.05, 3.63) is 92.8 Å². The van der Waals surface area contributed by atoms with Gasteiger partial charge in [-0.3, -0.25) is 10.1 Å². The molecule has 38 heavy (non-hydrogen) atoms. The van der Waals surface area contributed by atoms with E-state index >= 15 is 0 Å². The number of carboxylic acid groups (broad SMARTS) is 1. The molecular weight excluding hydrogens is 530 g/mol. The molecular formula is C27H32ClN3O6S. The quantitative estimate of drug-likeness (QED) is 0.121. The van der Waals surface area contributed by atoms with Crippen LogP contribution >= 0.6 is 24.2 Å². The fourth-order valence-electron chi connectivity index (χ4n) is 4.22. The predicted molar refractivity (Wildman–Crippen MR) is 149 cm³/mol. The highest BCUT2D eigenvalue weighted by Gasteiger charge is 2.37. The molecule has 1 aliphatic heterocycles. The molecule has 0 aliphatic carbocycles. The average molecular weight is 562 g/mol. The van der Waals surface area contributed by atoms with Gasteiger partial charge in [-0.15, -0.1) is 24.2 Å². The van der Waals surface area contributed by atoms with Crippen molar-refractivity contribution in [2.45, 2.75) is 31.1 Å². The maximum absolute atomic E-state index is 13.2. The van der Waals surface area contributed by atoms with Gasteiger partial charge in [-0.05, 0) is 45.0 Å². The van der Waals surface area contributed by atoms with Gasteiger partial charge in [0, 0.05) is 47.3 Å². The first-order chi connectivity index (χ1) is 17.7. The van der Waals surface area contributed by atoms with Gasteiger partial charge in [0.05, 0.1) is 28.6 Å². The van der Waals surface area contributed by atoms with Crippen LogP contribution in [0.5, 0.6) is 0 Å². The normalized spacial score (nSPS) is 15.1.